The Labute approximate surface area is 107 Å². The molecule has 0 saturated heterocycles. The number of benzene rings is 1. The quantitative estimate of drug-likeness (QED) is 0.797. The average molecular weight is 318 g/mol. The summed E-state index contributed by atoms with van der Waals surface area (Å²) in [7, 11) is -3.80. The number of hydrogen-bond acceptors (Lipinski definition) is 4. The Morgan fingerprint density at radius 3 is 2.47 bits per heavy atom. The second kappa shape index (κ2) is 5.77. The number of nitriles is 1. The Hall–Kier alpha value is -1.43. The SMILES string of the molecule is N#CCC(=O)NNS(=O)(=O)c1ccc(Br)cc1. The summed E-state index contributed by atoms with van der Waals surface area (Å²) in [5, 5.41) is 8.22. The van der Waals surface area contributed by atoms with Gasteiger partial charge in [0.05, 0.1) is 11.0 Å². The predicted octanol–water partition coefficient (Wildman–Crippen LogP) is 0.672. The van der Waals surface area contributed by atoms with Crippen LogP contribution in [-0.4, -0.2) is 14.3 Å². The topological polar surface area (TPSA) is 99.1 Å². The van der Waals surface area contributed by atoms with Crippen molar-refractivity contribution in [2.24, 2.45) is 0 Å². The Kier molecular flexibility index (Phi) is 4.62. The fraction of sp³-hybridized carbons (Fsp3) is 0.111. The van der Waals surface area contributed by atoms with Crippen molar-refractivity contribution in [1.82, 2.24) is 10.3 Å². The smallest absolute Gasteiger partial charge is 0.257 e. The highest BCUT2D eigenvalue weighted by molar-refractivity contribution is 9.10. The maximum atomic E-state index is 11.6. The van der Waals surface area contributed by atoms with Crippen LogP contribution < -0.4 is 10.3 Å². The molecule has 0 aliphatic heterocycles. The molecule has 1 amide bonds. The highest BCUT2D eigenvalue weighted by Crippen LogP contribution is 2.13. The summed E-state index contributed by atoms with van der Waals surface area (Å²) in [6.45, 7) is 0. The van der Waals surface area contributed by atoms with Gasteiger partial charge in [-0.3, -0.25) is 10.2 Å². The molecular weight excluding hydrogens is 310 g/mol. The van der Waals surface area contributed by atoms with E-state index in [1.165, 1.54) is 12.1 Å². The maximum absolute atomic E-state index is 11.6. The van der Waals surface area contributed by atoms with Crippen LogP contribution in [-0.2, 0) is 14.8 Å². The summed E-state index contributed by atoms with van der Waals surface area (Å²) in [6, 6.07) is 7.48. The molecule has 0 fully saturated rings. The number of rotatable bonds is 4. The molecule has 2 N–H and O–H groups in total. The van der Waals surface area contributed by atoms with Crippen molar-refractivity contribution >= 4 is 31.9 Å². The Morgan fingerprint density at radius 1 is 1.35 bits per heavy atom. The number of sulfonamides is 1. The number of carbonyl (C=O) groups excluding carboxylic acids is 1. The van der Waals surface area contributed by atoms with Crippen LogP contribution in [0.2, 0.25) is 0 Å². The van der Waals surface area contributed by atoms with E-state index in [2.05, 4.69) is 15.9 Å². The van der Waals surface area contributed by atoms with E-state index in [9.17, 15) is 13.2 Å². The van der Waals surface area contributed by atoms with Gasteiger partial charge in [-0.2, -0.15) is 5.26 Å². The number of amides is 1. The van der Waals surface area contributed by atoms with Crippen LogP contribution in [0.4, 0.5) is 0 Å². The fourth-order valence-corrected chi connectivity index (χ4v) is 2.04. The molecule has 0 aliphatic carbocycles. The molecule has 0 bridgehead atoms. The molecule has 0 aliphatic rings. The minimum absolute atomic E-state index is 0.0120. The van der Waals surface area contributed by atoms with E-state index in [1.807, 2.05) is 10.3 Å². The molecule has 0 unspecified atom stereocenters. The zero-order chi connectivity index (χ0) is 12.9. The summed E-state index contributed by atoms with van der Waals surface area (Å²) in [5.41, 5.74) is 1.93. The molecule has 0 atom stereocenters. The van der Waals surface area contributed by atoms with Gasteiger partial charge in [-0.25, -0.2) is 8.42 Å². The van der Waals surface area contributed by atoms with Crippen molar-refractivity contribution in [1.29, 1.82) is 5.26 Å². The lowest BCUT2D eigenvalue weighted by Crippen LogP contribution is -2.41. The first kappa shape index (κ1) is 13.6. The highest BCUT2D eigenvalue weighted by Gasteiger charge is 2.14. The molecule has 6 nitrogen and oxygen atoms in total. The molecule has 1 rings (SSSR count). The zero-order valence-corrected chi connectivity index (χ0v) is 10.9. The van der Waals surface area contributed by atoms with Crippen molar-refractivity contribution < 1.29 is 13.2 Å². The maximum Gasteiger partial charge on any atom is 0.257 e. The zero-order valence-electron chi connectivity index (χ0n) is 8.47. The van der Waals surface area contributed by atoms with Crippen LogP contribution in [0.3, 0.4) is 0 Å². The van der Waals surface area contributed by atoms with Gasteiger partial charge in [0.25, 0.3) is 10.0 Å². The Bertz CT molecular complexity index is 548. The van der Waals surface area contributed by atoms with Crippen LogP contribution >= 0.6 is 15.9 Å². The monoisotopic (exact) mass is 317 g/mol. The standard InChI is InChI=1S/C9H8BrN3O3S/c10-7-1-3-8(4-2-7)17(15,16)13-12-9(14)5-6-11/h1-4,13H,5H2,(H,12,14). The third-order valence-corrected chi connectivity index (χ3v) is 3.48. The fourth-order valence-electron chi connectivity index (χ4n) is 0.913. The lowest BCUT2D eigenvalue weighted by Gasteiger charge is -2.06. The van der Waals surface area contributed by atoms with Gasteiger partial charge in [-0.15, -0.1) is 4.83 Å². The van der Waals surface area contributed by atoms with E-state index in [-0.39, 0.29) is 4.90 Å². The first-order chi connectivity index (χ1) is 7.95. The van der Waals surface area contributed by atoms with Crippen molar-refractivity contribution in [2.75, 3.05) is 0 Å². The van der Waals surface area contributed by atoms with Crippen molar-refractivity contribution in [3.63, 3.8) is 0 Å². The summed E-state index contributed by atoms with van der Waals surface area (Å²) in [6.07, 6.45) is -0.414. The Morgan fingerprint density at radius 2 is 1.94 bits per heavy atom. The summed E-state index contributed by atoms with van der Waals surface area (Å²) < 4.78 is 24.0. The van der Waals surface area contributed by atoms with Crippen LogP contribution in [0.15, 0.2) is 33.6 Å². The van der Waals surface area contributed by atoms with Crippen LogP contribution in [0, 0.1) is 11.3 Å². The van der Waals surface area contributed by atoms with E-state index in [0.717, 1.165) is 4.47 Å². The van der Waals surface area contributed by atoms with Gasteiger partial charge >= 0.3 is 0 Å². The van der Waals surface area contributed by atoms with Gasteiger partial charge in [-0.05, 0) is 24.3 Å². The van der Waals surface area contributed by atoms with Gasteiger partial charge in [0.1, 0.15) is 6.42 Å². The van der Waals surface area contributed by atoms with Crippen molar-refractivity contribution in [3.05, 3.63) is 28.7 Å². The van der Waals surface area contributed by atoms with Crippen molar-refractivity contribution in [3.8, 4) is 6.07 Å². The molecule has 0 heterocycles. The number of nitrogens with zero attached hydrogens (tertiary/aromatic N) is 1. The van der Waals surface area contributed by atoms with Gasteiger partial charge in [-0.1, -0.05) is 15.9 Å². The lowest BCUT2D eigenvalue weighted by molar-refractivity contribution is -0.120. The summed E-state index contributed by atoms with van der Waals surface area (Å²) in [4.78, 5) is 12.8. The molecular formula is C9H8BrN3O3S. The molecule has 0 spiro atoms. The number of halogens is 1. The van der Waals surface area contributed by atoms with Gasteiger partial charge < -0.3 is 0 Å². The second-order valence-corrected chi connectivity index (χ2v) is 5.54. The average Bonchev–Trinajstić information content (AvgIpc) is 2.28. The molecule has 90 valence electrons. The van der Waals surface area contributed by atoms with Crippen LogP contribution in [0.5, 0.6) is 0 Å². The van der Waals surface area contributed by atoms with E-state index in [0.29, 0.717) is 0 Å². The third kappa shape index (κ3) is 4.14. The molecule has 0 saturated carbocycles. The highest BCUT2D eigenvalue weighted by atomic mass is 79.9. The number of hydrogen-bond donors (Lipinski definition) is 2. The van der Waals surface area contributed by atoms with Crippen LogP contribution in [0.25, 0.3) is 0 Å². The largest absolute Gasteiger partial charge is 0.277 e. The number of nitrogens with one attached hydrogen (secondary N) is 2. The van der Waals surface area contributed by atoms with Gasteiger partial charge in [0.15, 0.2) is 0 Å². The summed E-state index contributed by atoms with van der Waals surface area (Å²) in [5.74, 6) is -0.715. The number of hydrazine groups is 1. The molecule has 17 heavy (non-hydrogen) atoms. The minimum atomic E-state index is -3.80. The lowest BCUT2D eigenvalue weighted by atomic mass is 10.4. The van der Waals surface area contributed by atoms with E-state index in [1.54, 1.807) is 18.2 Å². The van der Waals surface area contributed by atoms with E-state index >= 15 is 0 Å². The Balaban J connectivity index is 2.73. The summed E-state index contributed by atoms with van der Waals surface area (Å²) >= 11 is 3.17. The first-order valence-corrected chi connectivity index (χ1v) is 6.66. The molecule has 1 aromatic rings. The van der Waals surface area contributed by atoms with Gasteiger partial charge in [0, 0.05) is 4.47 Å². The minimum Gasteiger partial charge on any atom is -0.277 e. The third-order valence-electron chi connectivity index (χ3n) is 1.69. The molecule has 1 aromatic carbocycles. The van der Waals surface area contributed by atoms with E-state index in [4.69, 9.17) is 5.26 Å². The first-order valence-electron chi connectivity index (χ1n) is 4.39. The predicted molar refractivity (Wildman–Crippen MR) is 62.8 cm³/mol. The van der Waals surface area contributed by atoms with Crippen LogP contribution in [0.1, 0.15) is 6.42 Å². The normalized spacial score (nSPS) is 10.6. The number of carbonyl (C=O) groups is 1. The second-order valence-electron chi connectivity index (χ2n) is 2.94. The van der Waals surface area contributed by atoms with Gasteiger partial charge in [0.2, 0.25) is 5.91 Å². The molecule has 0 radical (unpaired) electrons. The van der Waals surface area contributed by atoms with Crippen molar-refractivity contribution in [2.45, 2.75) is 11.3 Å². The molecule has 8 heteroatoms. The van der Waals surface area contributed by atoms with E-state index < -0.39 is 22.4 Å². The molecule has 0 aromatic heterocycles.